The smallest absolute Gasteiger partial charge is 0.326 e. The van der Waals surface area contributed by atoms with Crippen LogP contribution in [0.5, 0.6) is 0 Å². The van der Waals surface area contributed by atoms with Crippen LogP contribution in [0.2, 0.25) is 0 Å². The summed E-state index contributed by atoms with van der Waals surface area (Å²) in [6, 6.07) is 0. The van der Waals surface area contributed by atoms with E-state index in [-0.39, 0.29) is 30.2 Å². The van der Waals surface area contributed by atoms with Crippen LogP contribution in [-0.2, 0) is 19.1 Å². The molecule has 2 aliphatic carbocycles. The van der Waals surface area contributed by atoms with Crippen LogP contribution in [0.3, 0.4) is 0 Å². The van der Waals surface area contributed by atoms with Crippen molar-refractivity contribution in [1.29, 1.82) is 0 Å². The number of esters is 1. The van der Waals surface area contributed by atoms with Crippen molar-refractivity contribution in [3.8, 4) is 0 Å². The van der Waals surface area contributed by atoms with Crippen molar-refractivity contribution in [2.24, 2.45) is 23.7 Å². The largest absolute Gasteiger partial charge is 0.464 e. The van der Waals surface area contributed by atoms with Gasteiger partial charge in [0.1, 0.15) is 6.54 Å². The first-order valence-corrected chi connectivity index (χ1v) is 7.14. The lowest BCUT2D eigenvalue weighted by Crippen LogP contribution is -2.38. The van der Waals surface area contributed by atoms with E-state index in [2.05, 4.69) is 0 Å². The van der Waals surface area contributed by atoms with Crippen molar-refractivity contribution < 1.29 is 19.1 Å². The van der Waals surface area contributed by atoms with Crippen molar-refractivity contribution in [1.82, 2.24) is 4.90 Å². The molecule has 0 spiro atoms. The first kappa shape index (κ1) is 12.6. The van der Waals surface area contributed by atoms with Gasteiger partial charge in [0.05, 0.1) is 18.4 Å². The predicted molar refractivity (Wildman–Crippen MR) is 65.8 cm³/mol. The molecule has 0 aromatic rings. The van der Waals surface area contributed by atoms with Gasteiger partial charge in [0.15, 0.2) is 0 Å². The maximum Gasteiger partial charge on any atom is 0.326 e. The number of nitrogens with zero attached hydrogens (tertiary/aromatic N) is 1. The summed E-state index contributed by atoms with van der Waals surface area (Å²) >= 11 is 0. The Morgan fingerprint density at radius 2 is 1.79 bits per heavy atom. The topological polar surface area (TPSA) is 63.7 Å². The average molecular weight is 265 g/mol. The fraction of sp³-hybridized carbons (Fsp3) is 0.786. The van der Waals surface area contributed by atoms with Crippen LogP contribution in [0.4, 0.5) is 0 Å². The van der Waals surface area contributed by atoms with Crippen molar-refractivity contribution >= 4 is 17.8 Å². The third kappa shape index (κ3) is 1.86. The van der Waals surface area contributed by atoms with Crippen LogP contribution >= 0.6 is 0 Å². The summed E-state index contributed by atoms with van der Waals surface area (Å²) < 4.78 is 4.96. The highest BCUT2D eigenvalue weighted by molar-refractivity contribution is 6.07. The summed E-state index contributed by atoms with van der Waals surface area (Å²) in [5.74, 6) is -0.330. The van der Waals surface area contributed by atoms with Gasteiger partial charge in [-0.2, -0.15) is 0 Å². The van der Waals surface area contributed by atoms with Gasteiger partial charge in [-0.1, -0.05) is 6.92 Å². The third-order valence-electron chi connectivity index (χ3n) is 4.77. The maximum atomic E-state index is 12.3. The fourth-order valence-corrected chi connectivity index (χ4v) is 4.02. The summed E-state index contributed by atoms with van der Waals surface area (Å²) in [6.45, 7) is 2.04. The van der Waals surface area contributed by atoms with Crippen LogP contribution in [0.25, 0.3) is 0 Å². The van der Waals surface area contributed by atoms with Gasteiger partial charge in [-0.25, -0.2) is 0 Å². The molecule has 5 heteroatoms. The molecule has 2 amide bonds. The van der Waals surface area contributed by atoms with Gasteiger partial charge in [0.2, 0.25) is 11.8 Å². The Morgan fingerprint density at radius 3 is 2.32 bits per heavy atom. The molecule has 1 saturated heterocycles. The number of carbonyl (C=O) groups is 3. The first-order valence-electron chi connectivity index (χ1n) is 7.14. The summed E-state index contributed by atoms with van der Waals surface area (Å²) in [6.07, 6.45) is 3.86. The average Bonchev–Trinajstić information content (AvgIpc) is 3.06. The van der Waals surface area contributed by atoms with Gasteiger partial charge < -0.3 is 4.74 Å². The number of carbonyl (C=O) groups excluding carboxylic acids is 3. The second-order valence-corrected chi connectivity index (χ2v) is 5.87. The van der Waals surface area contributed by atoms with Crippen molar-refractivity contribution in [3.05, 3.63) is 0 Å². The minimum Gasteiger partial charge on any atom is -0.464 e. The van der Waals surface area contributed by atoms with Gasteiger partial charge in [-0.05, 0) is 37.5 Å². The molecule has 1 aliphatic heterocycles. The molecule has 104 valence electrons. The Bertz CT molecular complexity index is 405. The Balaban J connectivity index is 1.69. The van der Waals surface area contributed by atoms with E-state index in [0.29, 0.717) is 18.4 Å². The second kappa shape index (κ2) is 4.62. The molecule has 3 aliphatic rings. The van der Waals surface area contributed by atoms with Gasteiger partial charge in [0, 0.05) is 0 Å². The molecule has 3 fully saturated rings. The molecule has 0 unspecified atom stereocenters. The SMILES string of the molecule is CCCOC(=O)CN1C(=O)[C@@H]2[C@H]3CC[C@@H](C3)[C@H]2C1=O. The van der Waals surface area contributed by atoms with Gasteiger partial charge in [0.25, 0.3) is 0 Å². The molecule has 0 radical (unpaired) electrons. The Kier molecular flexibility index (Phi) is 3.07. The van der Waals surface area contributed by atoms with Crippen LogP contribution in [-0.4, -0.2) is 35.8 Å². The molecule has 4 atom stereocenters. The second-order valence-electron chi connectivity index (χ2n) is 5.87. The molecule has 5 nitrogen and oxygen atoms in total. The van der Waals surface area contributed by atoms with Crippen LogP contribution < -0.4 is 0 Å². The van der Waals surface area contributed by atoms with Crippen molar-refractivity contribution in [2.75, 3.05) is 13.2 Å². The lowest BCUT2D eigenvalue weighted by Gasteiger charge is -2.19. The van der Waals surface area contributed by atoms with E-state index in [0.717, 1.165) is 30.6 Å². The van der Waals surface area contributed by atoms with Crippen LogP contribution in [0.1, 0.15) is 32.6 Å². The van der Waals surface area contributed by atoms with E-state index in [4.69, 9.17) is 4.74 Å². The predicted octanol–water partition coefficient (Wildman–Crippen LogP) is 0.971. The van der Waals surface area contributed by atoms with Gasteiger partial charge in [-0.3, -0.25) is 19.3 Å². The summed E-state index contributed by atoms with van der Waals surface area (Å²) in [5, 5.41) is 0. The standard InChI is InChI=1S/C14H19NO4/c1-2-5-19-10(16)7-15-13(17)11-8-3-4-9(6-8)12(11)14(15)18/h8-9,11-12H,2-7H2,1H3/t8-,9-,11+,12+/m0/s1. The molecule has 0 aromatic heterocycles. The number of hydrogen-bond donors (Lipinski definition) is 0. The van der Waals surface area contributed by atoms with E-state index in [1.54, 1.807) is 0 Å². The summed E-state index contributed by atoms with van der Waals surface area (Å²) in [7, 11) is 0. The Labute approximate surface area is 112 Å². The zero-order valence-electron chi connectivity index (χ0n) is 11.1. The molecular weight excluding hydrogens is 246 g/mol. The Morgan fingerprint density at radius 1 is 1.21 bits per heavy atom. The normalized spacial score (nSPS) is 35.9. The lowest BCUT2D eigenvalue weighted by molar-refractivity contribution is -0.153. The van der Waals surface area contributed by atoms with E-state index in [1.165, 1.54) is 0 Å². The van der Waals surface area contributed by atoms with Crippen LogP contribution in [0.15, 0.2) is 0 Å². The zero-order valence-corrected chi connectivity index (χ0v) is 11.1. The minimum absolute atomic E-state index is 0.143. The number of fused-ring (bicyclic) bond motifs is 5. The fourth-order valence-electron chi connectivity index (χ4n) is 4.02. The lowest BCUT2D eigenvalue weighted by atomic mass is 9.81. The van der Waals surface area contributed by atoms with E-state index >= 15 is 0 Å². The molecular formula is C14H19NO4. The molecule has 2 saturated carbocycles. The molecule has 2 bridgehead atoms. The number of amides is 2. The quantitative estimate of drug-likeness (QED) is 0.561. The maximum absolute atomic E-state index is 12.3. The first-order chi connectivity index (χ1) is 9.13. The highest BCUT2D eigenvalue weighted by Gasteiger charge is 2.61. The molecule has 0 N–H and O–H groups in total. The van der Waals surface area contributed by atoms with Gasteiger partial charge in [-0.15, -0.1) is 0 Å². The number of hydrogen-bond acceptors (Lipinski definition) is 4. The monoisotopic (exact) mass is 265 g/mol. The Hall–Kier alpha value is -1.39. The number of likely N-dealkylation sites (tertiary alicyclic amines) is 1. The zero-order chi connectivity index (χ0) is 13.6. The van der Waals surface area contributed by atoms with E-state index in [1.807, 2.05) is 6.92 Å². The number of rotatable bonds is 4. The molecule has 1 heterocycles. The molecule has 3 rings (SSSR count). The van der Waals surface area contributed by atoms with Crippen molar-refractivity contribution in [3.63, 3.8) is 0 Å². The van der Waals surface area contributed by atoms with E-state index in [9.17, 15) is 14.4 Å². The number of ether oxygens (including phenoxy) is 1. The summed E-state index contributed by atoms with van der Waals surface area (Å²) in [5.41, 5.74) is 0. The third-order valence-corrected chi connectivity index (χ3v) is 4.77. The highest BCUT2D eigenvalue weighted by atomic mass is 16.5. The van der Waals surface area contributed by atoms with E-state index < -0.39 is 5.97 Å². The molecule has 19 heavy (non-hydrogen) atoms. The minimum atomic E-state index is -0.476. The summed E-state index contributed by atoms with van der Waals surface area (Å²) in [4.78, 5) is 37.3. The van der Waals surface area contributed by atoms with Gasteiger partial charge >= 0.3 is 5.97 Å². The molecule has 0 aromatic carbocycles. The van der Waals surface area contributed by atoms with Crippen LogP contribution in [0, 0.1) is 23.7 Å². The highest BCUT2D eigenvalue weighted by Crippen LogP contribution is 2.55. The van der Waals surface area contributed by atoms with Crippen molar-refractivity contribution in [2.45, 2.75) is 32.6 Å². The number of imide groups is 1.